The molecule has 1 unspecified atom stereocenters. The van der Waals surface area contributed by atoms with Crippen LogP contribution in [0.1, 0.15) is 38.5 Å². The molecule has 6 heteroatoms. The normalized spacial score (nSPS) is 20.1. The first kappa shape index (κ1) is 14.9. The first-order valence-electron chi connectivity index (χ1n) is 6.41. The topological polar surface area (TPSA) is 118 Å². The van der Waals surface area contributed by atoms with Gasteiger partial charge in [0.05, 0.1) is 19.1 Å². The fourth-order valence-corrected chi connectivity index (χ4v) is 2.41. The van der Waals surface area contributed by atoms with E-state index in [0.29, 0.717) is 6.54 Å². The van der Waals surface area contributed by atoms with Gasteiger partial charge in [0.1, 0.15) is 0 Å². The Morgan fingerprint density at radius 2 is 1.89 bits per heavy atom. The molecular formula is C12H23N3O3. The maximum atomic E-state index is 11.7. The first-order chi connectivity index (χ1) is 8.49. The minimum Gasteiger partial charge on any atom is -0.396 e. The van der Waals surface area contributed by atoms with E-state index in [1.54, 1.807) is 0 Å². The summed E-state index contributed by atoms with van der Waals surface area (Å²) in [6.45, 7) is 0.479. The lowest BCUT2D eigenvalue weighted by atomic mass is 9.74. The van der Waals surface area contributed by atoms with Crippen LogP contribution in [0.2, 0.25) is 0 Å². The third kappa shape index (κ3) is 4.27. The molecule has 0 radical (unpaired) electrons. The van der Waals surface area contributed by atoms with Crippen LogP contribution < -0.4 is 16.8 Å². The van der Waals surface area contributed by atoms with Crippen molar-refractivity contribution in [3.05, 3.63) is 0 Å². The summed E-state index contributed by atoms with van der Waals surface area (Å²) in [4.78, 5) is 22.3. The van der Waals surface area contributed by atoms with Gasteiger partial charge in [0.2, 0.25) is 11.8 Å². The van der Waals surface area contributed by atoms with Crippen molar-refractivity contribution in [3.63, 3.8) is 0 Å². The van der Waals surface area contributed by atoms with Crippen molar-refractivity contribution in [2.45, 2.75) is 44.6 Å². The Morgan fingerprint density at radius 3 is 2.39 bits per heavy atom. The van der Waals surface area contributed by atoms with E-state index in [2.05, 4.69) is 5.32 Å². The van der Waals surface area contributed by atoms with Gasteiger partial charge < -0.3 is 21.9 Å². The number of amides is 2. The predicted molar refractivity (Wildman–Crippen MR) is 67.4 cm³/mol. The molecule has 0 aromatic heterocycles. The molecule has 18 heavy (non-hydrogen) atoms. The fraction of sp³-hybridized carbons (Fsp3) is 0.833. The van der Waals surface area contributed by atoms with Crippen molar-refractivity contribution in [3.8, 4) is 0 Å². The van der Waals surface area contributed by atoms with Crippen molar-refractivity contribution in [2.75, 3.05) is 13.2 Å². The molecule has 1 aliphatic rings. The van der Waals surface area contributed by atoms with Gasteiger partial charge in [-0.3, -0.25) is 9.59 Å². The number of primary amides is 1. The molecule has 6 nitrogen and oxygen atoms in total. The highest BCUT2D eigenvalue weighted by Gasteiger charge is 2.32. The number of nitrogens with two attached hydrogens (primary N) is 2. The Kier molecular flexibility index (Phi) is 5.55. The molecule has 1 atom stereocenters. The lowest BCUT2D eigenvalue weighted by molar-refractivity contribution is -0.126. The number of carbonyl (C=O) groups is 2. The molecule has 104 valence electrons. The van der Waals surface area contributed by atoms with Crippen LogP contribution in [-0.2, 0) is 9.59 Å². The molecular weight excluding hydrogens is 234 g/mol. The van der Waals surface area contributed by atoms with Crippen LogP contribution in [0.15, 0.2) is 0 Å². The number of rotatable bonds is 6. The molecule has 0 heterocycles. The summed E-state index contributed by atoms with van der Waals surface area (Å²) in [5.74, 6) is -0.973. The van der Waals surface area contributed by atoms with E-state index in [1.807, 2.05) is 0 Å². The van der Waals surface area contributed by atoms with Crippen LogP contribution in [0.4, 0.5) is 0 Å². The van der Waals surface area contributed by atoms with Crippen LogP contribution >= 0.6 is 0 Å². The largest absolute Gasteiger partial charge is 0.396 e. The molecule has 0 aromatic rings. The summed E-state index contributed by atoms with van der Waals surface area (Å²) in [7, 11) is 0. The van der Waals surface area contributed by atoms with Crippen molar-refractivity contribution in [1.29, 1.82) is 0 Å². The monoisotopic (exact) mass is 257 g/mol. The van der Waals surface area contributed by atoms with Gasteiger partial charge in [-0.2, -0.15) is 0 Å². The van der Waals surface area contributed by atoms with Crippen LogP contribution in [0.25, 0.3) is 0 Å². The zero-order valence-corrected chi connectivity index (χ0v) is 10.7. The first-order valence-corrected chi connectivity index (χ1v) is 6.41. The summed E-state index contributed by atoms with van der Waals surface area (Å²) >= 11 is 0. The van der Waals surface area contributed by atoms with Gasteiger partial charge >= 0.3 is 0 Å². The lowest BCUT2D eigenvalue weighted by Gasteiger charge is -2.35. The Bertz CT molecular complexity index is 301. The molecule has 1 saturated carbocycles. The number of hydrogen-bond donors (Lipinski definition) is 4. The van der Waals surface area contributed by atoms with E-state index in [-0.39, 0.29) is 24.3 Å². The van der Waals surface area contributed by atoms with E-state index in [4.69, 9.17) is 11.5 Å². The zero-order valence-electron chi connectivity index (χ0n) is 10.7. The quantitative estimate of drug-likeness (QED) is 0.500. The number of carbonyl (C=O) groups excluding carboxylic acids is 2. The molecule has 1 aliphatic carbocycles. The fourth-order valence-electron chi connectivity index (χ4n) is 2.41. The molecule has 1 fully saturated rings. The Labute approximate surface area is 107 Å². The predicted octanol–water partition coefficient (Wildman–Crippen LogP) is -0.752. The summed E-state index contributed by atoms with van der Waals surface area (Å²) < 4.78 is 0. The molecule has 0 saturated heterocycles. The Hall–Kier alpha value is -1.14. The van der Waals surface area contributed by atoms with Crippen LogP contribution in [-0.4, -0.2) is 36.1 Å². The summed E-state index contributed by atoms with van der Waals surface area (Å²) in [6, 6.07) is -0.901. The summed E-state index contributed by atoms with van der Waals surface area (Å²) in [5.41, 5.74) is 10.3. The SMILES string of the molecule is NC(=O)CC(N)C(=O)NCC1(CO)CCCCC1. The van der Waals surface area contributed by atoms with Gasteiger partial charge in [-0.1, -0.05) is 19.3 Å². The van der Waals surface area contributed by atoms with Gasteiger partial charge in [-0.25, -0.2) is 0 Å². The van der Waals surface area contributed by atoms with Crippen LogP contribution in [0.3, 0.4) is 0 Å². The second-order valence-electron chi connectivity index (χ2n) is 5.21. The average molecular weight is 257 g/mol. The summed E-state index contributed by atoms with van der Waals surface area (Å²) in [5, 5.41) is 12.2. The summed E-state index contributed by atoms with van der Waals surface area (Å²) in [6.07, 6.45) is 4.99. The van der Waals surface area contributed by atoms with E-state index < -0.39 is 11.9 Å². The minimum atomic E-state index is -0.901. The van der Waals surface area contributed by atoms with Crippen molar-refractivity contribution in [2.24, 2.45) is 16.9 Å². The van der Waals surface area contributed by atoms with Crippen LogP contribution in [0.5, 0.6) is 0 Å². The van der Waals surface area contributed by atoms with Crippen molar-refractivity contribution >= 4 is 11.8 Å². The van der Waals surface area contributed by atoms with Gasteiger partial charge in [0.15, 0.2) is 0 Å². The van der Waals surface area contributed by atoms with Gasteiger partial charge in [-0.15, -0.1) is 0 Å². The minimum absolute atomic E-state index is 0.0678. The number of hydrogen-bond acceptors (Lipinski definition) is 4. The molecule has 2 amide bonds. The Morgan fingerprint density at radius 1 is 1.28 bits per heavy atom. The molecule has 0 bridgehead atoms. The molecule has 0 spiro atoms. The molecule has 6 N–H and O–H groups in total. The van der Waals surface area contributed by atoms with Gasteiger partial charge in [-0.05, 0) is 12.8 Å². The highest BCUT2D eigenvalue weighted by Crippen LogP contribution is 2.35. The number of aliphatic hydroxyl groups is 1. The van der Waals surface area contributed by atoms with Crippen LogP contribution in [0, 0.1) is 5.41 Å². The van der Waals surface area contributed by atoms with Crippen molar-refractivity contribution < 1.29 is 14.7 Å². The van der Waals surface area contributed by atoms with E-state index in [9.17, 15) is 14.7 Å². The third-order valence-corrected chi connectivity index (χ3v) is 3.65. The second kappa shape index (κ2) is 6.70. The molecule has 0 aliphatic heterocycles. The number of aliphatic hydroxyl groups excluding tert-OH is 1. The van der Waals surface area contributed by atoms with Gasteiger partial charge in [0.25, 0.3) is 0 Å². The zero-order chi connectivity index (χ0) is 13.6. The van der Waals surface area contributed by atoms with Crippen molar-refractivity contribution in [1.82, 2.24) is 5.32 Å². The lowest BCUT2D eigenvalue weighted by Crippen LogP contribution is -2.48. The van der Waals surface area contributed by atoms with E-state index in [1.165, 1.54) is 6.42 Å². The maximum Gasteiger partial charge on any atom is 0.237 e. The highest BCUT2D eigenvalue weighted by atomic mass is 16.3. The average Bonchev–Trinajstić information content (AvgIpc) is 2.36. The standard InChI is InChI=1S/C12H23N3O3/c13-9(6-10(14)17)11(18)15-7-12(8-16)4-2-1-3-5-12/h9,16H,1-8,13H2,(H2,14,17)(H,15,18). The molecule has 0 aromatic carbocycles. The second-order valence-corrected chi connectivity index (χ2v) is 5.21. The highest BCUT2D eigenvalue weighted by molar-refractivity contribution is 5.87. The van der Waals surface area contributed by atoms with E-state index in [0.717, 1.165) is 25.7 Å². The van der Waals surface area contributed by atoms with E-state index >= 15 is 0 Å². The molecule has 1 rings (SSSR count). The number of nitrogens with one attached hydrogen (secondary N) is 1. The third-order valence-electron chi connectivity index (χ3n) is 3.65. The van der Waals surface area contributed by atoms with Gasteiger partial charge in [0, 0.05) is 12.0 Å². The maximum absolute atomic E-state index is 11.7. The Balaban J connectivity index is 2.42. The smallest absolute Gasteiger partial charge is 0.237 e.